The Bertz CT molecular complexity index is 709. The van der Waals surface area contributed by atoms with E-state index >= 15 is 0 Å². The molecule has 1 aliphatic heterocycles. The molecule has 0 spiro atoms. The molecule has 0 aliphatic carbocycles. The zero-order chi connectivity index (χ0) is 21.9. The van der Waals surface area contributed by atoms with Gasteiger partial charge in [-0.25, -0.2) is 0 Å². The molecule has 0 radical (unpaired) electrons. The predicted molar refractivity (Wildman–Crippen MR) is 121 cm³/mol. The van der Waals surface area contributed by atoms with Crippen molar-refractivity contribution in [2.75, 3.05) is 52.9 Å². The summed E-state index contributed by atoms with van der Waals surface area (Å²) in [7, 11) is 1.66. The van der Waals surface area contributed by atoms with Crippen LogP contribution in [-0.4, -0.2) is 79.4 Å². The second-order valence-corrected chi connectivity index (χ2v) is 8.06. The highest BCUT2D eigenvalue weighted by molar-refractivity contribution is 5.78. The molecule has 0 bridgehead atoms. The molecule has 0 N–H and O–H groups in total. The molecule has 1 aromatic carbocycles. The largest absolute Gasteiger partial charge is 0.496 e. The normalized spacial score (nSPS) is 15.0. The van der Waals surface area contributed by atoms with Crippen molar-refractivity contribution >= 4 is 17.9 Å². The van der Waals surface area contributed by atoms with E-state index in [1.165, 1.54) is 0 Å². The van der Waals surface area contributed by atoms with Gasteiger partial charge in [0.25, 0.3) is 0 Å². The topological polar surface area (TPSA) is 53.1 Å². The number of para-hydroxylation sites is 1. The molecule has 1 fully saturated rings. The lowest BCUT2D eigenvalue weighted by Crippen LogP contribution is -2.51. The lowest BCUT2D eigenvalue weighted by molar-refractivity contribution is -0.136. The minimum absolute atomic E-state index is 0.0498. The Morgan fingerprint density at radius 2 is 1.87 bits per heavy atom. The predicted octanol–water partition coefficient (Wildman–Crippen LogP) is 3.14. The van der Waals surface area contributed by atoms with Gasteiger partial charge in [0.05, 0.1) is 7.11 Å². The summed E-state index contributed by atoms with van der Waals surface area (Å²) in [6.07, 6.45) is 5.47. The smallest absolute Gasteiger partial charge is 0.225 e. The number of hydrogen-bond acceptors (Lipinski definition) is 4. The van der Waals surface area contributed by atoms with Gasteiger partial charge in [-0.05, 0) is 12.5 Å². The van der Waals surface area contributed by atoms with Crippen molar-refractivity contribution < 1.29 is 14.3 Å². The lowest BCUT2D eigenvalue weighted by Gasteiger charge is -2.36. The van der Waals surface area contributed by atoms with Gasteiger partial charge in [-0.2, -0.15) is 0 Å². The number of benzene rings is 1. The number of rotatable bonds is 10. The third kappa shape index (κ3) is 7.17. The Morgan fingerprint density at radius 1 is 1.17 bits per heavy atom. The van der Waals surface area contributed by atoms with Crippen LogP contribution in [0.3, 0.4) is 0 Å². The molecule has 1 saturated heterocycles. The first-order chi connectivity index (χ1) is 14.5. The van der Waals surface area contributed by atoms with Crippen molar-refractivity contribution in [2.24, 2.45) is 5.92 Å². The molecule has 6 nitrogen and oxygen atoms in total. The standard InChI is InChI=1S/C24H37N3O3/c1-5-9-23(28)26(13-8-11-21-10-6-7-12-22(21)30-4)17-14-25-15-18-27(19-16-25)24(29)20(2)3/h6-8,10-12,20H,5,9,13-19H2,1-4H3. The van der Waals surface area contributed by atoms with Crippen molar-refractivity contribution in [1.82, 2.24) is 14.7 Å². The maximum atomic E-state index is 12.6. The first-order valence-corrected chi connectivity index (χ1v) is 11.0. The molecular weight excluding hydrogens is 378 g/mol. The van der Waals surface area contributed by atoms with E-state index in [-0.39, 0.29) is 17.7 Å². The molecule has 166 valence electrons. The van der Waals surface area contributed by atoms with E-state index in [1.807, 2.05) is 67.0 Å². The van der Waals surface area contributed by atoms with Crippen LogP contribution in [0.15, 0.2) is 30.3 Å². The van der Waals surface area contributed by atoms with Gasteiger partial charge in [0.15, 0.2) is 0 Å². The number of amides is 2. The summed E-state index contributed by atoms with van der Waals surface area (Å²) in [6.45, 7) is 11.3. The SMILES string of the molecule is CCCC(=O)N(CC=Cc1ccccc1OC)CCN1CCN(C(=O)C(C)C)CC1. The Labute approximate surface area is 181 Å². The van der Waals surface area contributed by atoms with Gasteiger partial charge < -0.3 is 14.5 Å². The molecule has 6 heteroatoms. The summed E-state index contributed by atoms with van der Waals surface area (Å²) in [5.74, 6) is 1.30. The molecule has 0 atom stereocenters. The highest BCUT2D eigenvalue weighted by Gasteiger charge is 2.23. The summed E-state index contributed by atoms with van der Waals surface area (Å²) in [6, 6.07) is 7.86. The minimum atomic E-state index is 0.0498. The van der Waals surface area contributed by atoms with Crippen molar-refractivity contribution in [3.63, 3.8) is 0 Å². The second-order valence-electron chi connectivity index (χ2n) is 8.06. The van der Waals surface area contributed by atoms with E-state index in [2.05, 4.69) is 4.90 Å². The first-order valence-electron chi connectivity index (χ1n) is 11.0. The second kappa shape index (κ2) is 12.4. The number of nitrogens with zero attached hydrogens (tertiary/aromatic N) is 3. The van der Waals surface area contributed by atoms with Crippen LogP contribution in [0.5, 0.6) is 5.75 Å². The lowest BCUT2D eigenvalue weighted by atomic mass is 10.1. The Morgan fingerprint density at radius 3 is 2.50 bits per heavy atom. The summed E-state index contributed by atoms with van der Waals surface area (Å²) < 4.78 is 5.39. The summed E-state index contributed by atoms with van der Waals surface area (Å²) in [4.78, 5) is 31.0. The number of ether oxygens (including phenoxy) is 1. The fourth-order valence-electron chi connectivity index (χ4n) is 3.62. The summed E-state index contributed by atoms with van der Waals surface area (Å²) in [5.41, 5.74) is 1.01. The van der Waals surface area contributed by atoms with E-state index in [0.29, 0.717) is 19.5 Å². The third-order valence-corrected chi connectivity index (χ3v) is 5.44. The van der Waals surface area contributed by atoms with Crippen molar-refractivity contribution in [2.45, 2.75) is 33.6 Å². The average Bonchev–Trinajstić information content (AvgIpc) is 2.76. The number of hydrogen-bond donors (Lipinski definition) is 0. The van der Waals surface area contributed by atoms with Crippen LogP contribution in [0.2, 0.25) is 0 Å². The summed E-state index contributed by atoms with van der Waals surface area (Å²) >= 11 is 0. The average molecular weight is 416 g/mol. The van der Waals surface area contributed by atoms with E-state index in [4.69, 9.17) is 4.74 Å². The van der Waals surface area contributed by atoms with E-state index in [1.54, 1.807) is 7.11 Å². The Hall–Kier alpha value is -2.34. The van der Waals surface area contributed by atoms with Gasteiger partial charge in [-0.15, -0.1) is 0 Å². The molecule has 0 unspecified atom stereocenters. The molecule has 30 heavy (non-hydrogen) atoms. The van der Waals surface area contributed by atoms with Crippen LogP contribution in [0.4, 0.5) is 0 Å². The van der Waals surface area contributed by atoms with Crippen molar-refractivity contribution in [1.29, 1.82) is 0 Å². The van der Waals surface area contributed by atoms with Gasteiger partial charge in [0.1, 0.15) is 5.75 Å². The molecule has 0 aromatic heterocycles. The van der Waals surface area contributed by atoms with Crippen molar-refractivity contribution in [3.05, 3.63) is 35.9 Å². The number of methoxy groups -OCH3 is 1. The number of carbonyl (C=O) groups is 2. The molecule has 1 aliphatic rings. The Kier molecular flexibility index (Phi) is 9.87. The minimum Gasteiger partial charge on any atom is -0.496 e. The van der Waals surface area contributed by atoms with Crippen LogP contribution < -0.4 is 4.74 Å². The van der Waals surface area contributed by atoms with E-state index in [0.717, 1.165) is 50.5 Å². The fourth-order valence-corrected chi connectivity index (χ4v) is 3.62. The monoisotopic (exact) mass is 415 g/mol. The van der Waals surface area contributed by atoms with Crippen LogP contribution in [0, 0.1) is 5.92 Å². The third-order valence-electron chi connectivity index (χ3n) is 5.44. The molecule has 1 heterocycles. The van der Waals surface area contributed by atoms with Crippen LogP contribution >= 0.6 is 0 Å². The van der Waals surface area contributed by atoms with Gasteiger partial charge in [0.2, 0.25) is 11.8 Å². The highest BCUT2D eigenvalue weighted by atomic mass is 16.5. The highest BCUT2D eigenvalue weighted by Crippen LogP contribution is 2.18. The Balaban J connectivity index is 1.89. The maximum absolute atomic E-state index is 12.6. The quantitative estimate of drug-likeness (QED) is 0.589. The molecular formula is C24H37N3O3. The van der Waals surface area contributed by atoms with Crippen LogP contribution in [-0.2, 0) is 9.59 Å². The van der Waals surface area contributed by atoms with E-state index < -0.39 is 0 Å². The fraction of sp³-hybridized carbons (Fsp3) is 0.583. The van der Waals surface area contributed by atoms with Gasteiger partial charge in [0, 0.05) is 63.7 Å². The maximum Gasteiger partial charge on any atom is 0.225 e. The zero-order valence-electron chi connectivity index (χ0n) is 19.0. The molecule has 0 saturated carbocycles. The zero-order valence-corrected chi connectivity index (χ0v) is 19.0. The number of piperazine rings is 1. The van der Waals surface area contributed by atoms with Crippen LogP contribution in [0.25, 0.3) is 6.08 Å². The van der Waals surface area contributed by atoms with Gasteiger partial charge >= 0.3 is 0 Å². The number of carbonyl (C=O) groups excluding carboxylic acids is 2. The molecule has 1 aromatic rings. The molecule has 2 amide bonds. The summed E-state index contributed by atoms with van der Waals surface area (Å²) in [5, 5.41) is 0. The first kappa shape index (κ1) is 23.9. The van der Waals surface area contributed by atoms with E-state index in [9.17, 15) is 9.59 Å². The molecule has 2 rings (SSSR count). The van der Waals surface area contributed by atoms with Gasteiger partial charge in [-0.3, -0.25) is 14.5 Å². The van der Waals surface area contributed by atoms with Gasteiger partial charge in [-0.1, -0.05) is 51.1 Å². The van der Waals surface area contributed by atoms with Crippen molar-refractivity contribution in [3.8, 4) is 5.75 Å². The van der Waals surface area contributed by atoms with Crippen LogP contribution in [0.1, 0.15) is 39.2 Å².